The number of hydrogen-bond donors (Lipinski definition) is 1. The van der Waals surface area contributed by atoms with Gasteiger partial charge in [-0.25, -0.2) is 0 Å². The van der Waals surface area contributed by atoms with Gasteiger partial charge in [0.15, 0.2) is 6.61 Å². The number of nitrogens with one attached hydrogen (secondary N) is 1. The summed E-state index contributed by atoms with van der Waals surface area (Å²) >= 11 is 5.91. The number of nitrogens with zero attached hydrogens (tertiary/aromatic N) is 1. The first-order chi connectivity index (χ1) is 11.0. The lowest BCUT2D eigenvalue weighted by atomic mass is 9.79. The number of halogens is 1. The predicted octanol–water partition coefficient (Wildman–Crippen LogP) is 2.16. The molecule has 5 nitrogen and oxygen atoms in total. The minimum atomic E-state index is -0.385. The lowest BCUT2D eigenvalue weighted by Crippen LogP contribution is -2.48. The van der Waals surface area contributed by atoms with Crippen LogP contribution in [0.3, 0.4) is 0 Å². The molecule has 1 aromatic rings. The average Bonchev–Trinajstić information content (AvgIpc) is 2.95. The molecule has 0 radical (unpaired) electrons. The van der Waals surface area contributed by atoms with Gasteiger partial charge < -0.3 is 15.0 Å². The summed E-state index contributed by atoms with van der Waals surface area (Å²) in [6, 6.07) is 5.31. The second kappa shape index (κ2) is 6.40. The number of rotatable bonds is 3. The zero-order valence-electron chi connectivity index (χ0n) is 13.2. The molecule has 23 heavy (non-hydrogen) atoms. The number of carbonyl (C=O) groups is 2. The topological polar surface area (TPSA) is 58.6 Å². The number of aryl methyl sites for hydroxylation is 1. The Morgan fingerprint density at radius 3 is 3.00 bits per heavy atom. The molecular weight excluding hydrogens is 316 g/mol. The zero-order chi connectivity index (χ0) is 16.4. The Morgan fingerprint density at radius 1 is 1.43 bits per heavy atom. The largest absolute Gasteiger partial charge is 0.483 e. The Kier molecular flexibility index (Phi) is 4.48. The summed E-state index contributed by atoms with van der Waals surface area (Å²) in [6.07, 6.45) is 2.58. The van der Waals surface area contributed by atoms with Crippen molar-refractivity contribution in [1.29, 1.82) is 0 Å². The molecule has 0 saturated carbocycles. The highest BCUT2D eigenvalue weighted by Gasteiger charge is 2.46. The van der Waals surface area contributed by atoms with Gasteiger partial charge in [0.2, 0.25) is 5.91 Å². The van der Waals surface area contributed by atoms with Crippen molar-refractivity contribution in [3.05, 3.63) is 28.8 Å². The Morgan fingerprint density at radius 2 is 2.26 bits per heavy atom. The van der Waals surface area contributed by atoms with Crippen molar-refractivity contribution >= 4 is 23.4 Å². The van der Waals surface area contributed by atoms with E-state index in [1.54, 1.807) is 23.1 Å². The SMILES string of the molecule is Cc1cc(Cl)ccc1OCC(=O)N1CC[C@]2(CCCNC2=O)C1. The second-order valence-corrected chi connectivity index (χ2v) is 6.84. The fraction of sp³-hybridized carbons (Fsp3) is 0.529. The molecule has 2 heterocycles. The Bertz CT molecular complexity index is 634. The molecule has 2 aliphatic heterocycles. The van der Waals surface area contributed by atoms with Gasteiger partial charge in [-0.05, 0) is 49.9 Å². The molecule has 2 aliphatic rings. The molecule has 1 aromatic carbocycles. The van der Waals surface area contributed by atoms with Gasteiger partial charge in [-0.2, -0.15) is 0 Å². The van der Waals surface area contributed by atoms with Crippen LogP contribution in [0.5, 0.6) is 5.75 Å². The molecule has 3 rings (SSSR count). The van der Waals surface area contributed by atoms with Gasteiger partial charge >= 0.3 is 0 Å². The number of hydrogen-bond acceptors (Lipinski definition) is 3. The number of likely N-dealkylation sites (tertiary alicyclic amines) is 1. The van der Waals surface area contributed by atoms with E-state index in [1.807, 2.05) is 6.92 Å². The molecule has 2 amide bonds. The zero-order valence-corrected chi connectivity index (χ0v) is 14.0. The monoisotopic (exact) mass is 336 g/mol. The van der Waals surface area contributed by atoms with E-state index in [0.717, 1.165) is 31.4 Å². The first kappa shape index (κ1) is 16.1. The van der Waals surface area contributed by atoms with E-state index in [0.29, 0.717) is 23.9 Å². The van der Waals surface area contributed by atoms with Crippen LogP contribution in [-0.4, -0.2) is 43.0 Å². The third-order valence-electron chi connectivity index (χ3n) is 4.79. The normalized spacial score (nSPS) is 23.9. The first-order valence-corrected chi connectivity index (χ1v) is 8.33. The van der Waals surface area contributed by atoms with Crippen molar-refractivity contribution in [3.8, 4) is 5.75 Å². The smallest absolute Gasteiger partial charge is 0.260 e. The highest BCUT2D eigenvalue weighted by molar-refractivity contribution is 6.30. The summed E-state index contributed by atoms with van der Waals surface area (Å²) in [5.41, 5.74) is 0.513. The molecule has 1 N–H and O–H groups in total. The third-order valence-corrected chi connectivity index (χ3v) is 5.03. The molecule has 6 heteroatoms. The van der Waals surface area contributed by atoms with Crippen LogP contribution in [0.15, 0.2) is 18.2 Å². The quantitative estimate of drug-likeness (QED) is 0.920. The summed E-state index contributed by atoms with van der Waals surface area (Å²) in [7, 11) is 0. The highest BCUT2D eigenvalue weighted by Crippen LogP contribution is 2.37. The number of piperidine rings is 1. The lowest BCUT2D eigenvalue weighted by molar-refractivity contribution is -0.135. The van der Waals surface area contributed by atoms with Gasteiger partial charge in [-0.3, -0.25) is 9.59 Å². The van der Waals surface area contributed by atoms with E-state index in [-0.39, 0.29) is 23.8 Å². The minimum Gasteiger partial charge on any atom is -0.483 e. The van der Waals surface area contributed by atoms with Gasteiger partial charge in [0.25, 0.3) is 5.91 Å². The highest BCUT2D eigenvalue weighted by atomic mass is 35.5. The van der Waals surface area contributed by atoms with Gasteiger partial charge in [0.1, 0.15) is 5.75 Å². The van der Waals surface area contributed by atoms with Crippen LogP contribution >= 0.6 is 11.6 Å². The maximum absolute atomic E-state index is 12.4. The van der Waals surface area contributed by atoms with Crippen molar-refractivity contribution < 1.29 is 14.3 Å². The number of ether oxygens (including phenoxy) is 1. The van der Waals surface area contributed by atoms with E-state index < -0.39 is 0 Å². The molecular formula is C17H21ClN2O3. The van der Waals surface area contributed by atoms with Crippen molar-refractivity contribution in [2.75, 3.05) is 26.2 Å². The van der Waals surface area contributed by atoms with Gasteiger partial charge in [0.05, 0.1) is 5.41 Å². The summed E-state index contributed by atoms with van der Waals surface area (Å²) in [5, 5.41) is 3.57. The minimum absolute atomic E-state index is 0.0137. The van der Waals surface area contributed by atoms with Crippen LogP contribution < -0.4 is 10.1 Å². The van der Waals surface area contributed by atoms with Gasteiger partial charge in [-0.1, -0.05) is 11.6 Å². The third kappa shape index (κ3) is 3.29. The molecule has 0 bridgehead atoms. The standard InChI is InChI=1S/C17H21ClN2O3/c1-12-9-13(18)3-4-14(12)23-10-15(21)20-8-6-17(11-20)5-2-7-19-16(17)22/h3-4,9H,2,5-8,10-11H2,1H3,(H,19,22)/t17-/m1/s1. The first-order valence-electron chi connectivity index (χ1n) is 7.95. The fourth-order valence-corrected chi connectivity index (χ4v) is 3.64. The summed E-state index contributed by atoms with van der Waals surface area (Å²) in [5.74, 6) is 0.676. The van der Waals surface area contributed by atoms with Crippen LogP contribution in [0.2, 0.25) is 5.02 Å². The van der Waals surface area contributed by atoms with Crippen LogP contribution in [-0.2, 0) is 9.59 Å². The van der Waals surface area contributed by atoms with Crippen molar-refractivity contribution in [2.45, 2.75) is 26.2 Å². The number of carbonyl (C=O) groups excluding carboxylic acids is 2. The maximum Gasteiger partial charge on any atom is 0.260 e. The van der Waals surface area contributed by atoms with Crippen molar-refractivity contribution in [1.82, 2.24) is 10.2 Å². The molecule has 0 unspecified atom stereocenters. The fourth-order valence-electron chi connectivity index (χ4n) is 3.41. The van der Waals surface area contributed by atoms with Crippen LogP contribution in [0.1, 0.15) is 24.8 Å². The van der Waals surface area contributed by atoms with E-state index in [4.69, 9.17) is 16.3 Å². The molecule has 1 spiro atoms. The Balaban J connectivity index is 1.58. The number of amides is 2. The average molecular weight is 337 g/mol. The second-order valence-electron chi connectivity index (χ2n) is 6.40. The molecule has 2 saturated heterocycles. The number of benzene rings is 1. The van der Waals surface area contributed by atoms with Gasteiger partial charge in [-0.15, -0.1) is 0 Å². The van der Waals surface area contributed by atoms with E-state index in [2.05, 4.69) is 5.32 Å². The van der Waals surface area contributed by atoms with E-state index in [9.17, 15) is 9.59 Å². The van der Waals surface area contributed by atoms with E-state index >= 15 is 0 Å². The lowest BCUT2D eigenvalue weighted by Gasteiger charge is -2.32. The maximum atomic E-state index is 12.4. The summed E-state index contributed by atoms with van der Waals surface area (Å²) in [6.45, 7) is 3.74. The van der Waals surface area contributed by atoms with Crippen molar-refractivity contribution in [3.63, 3.8) is 0 Å². The van der Waals surface area contributed by atoms with Gasteiger partial charge in [0, 0.05) is 24.7 Å². The van der Waals surface area contributed by atoms with E-state index in [1.165, 1.54) is 0 Å². The molecule has 2 fully saturated rings. The molecule has 0 aromatic heterocycles. The van der Waals surface area contributed by atoms with Crippen LogP contribution in [0, 0.1) is 12.3 Å². The molecule has 124 valence electrons. The Hall–Kier alpha value is -1.75. The van der Waals surface area contributed by atoms with Crippen LogP contribution in [0.25, 0.3) is 0 Å². The summed E-state index contributed by atoms with van der Waals surface area (Å²) in [4.78, 5) is 26.3. The molecule has 0 aliphatic carbocycles. The molecule has 1 atom stereocenters. The predicted molar refractivity (Wildman–Crippen MR) is 87.6 cm³/mol. The van der Waals surface area contributed by atoms with Crippen molar-refractivity contribution in [2.24, 2.45) is 5.41 Å². The summed E-state index contributed by atoms with van der Waals surface area (Å²) < 4.78 is 5.62. The Labute approximate surface area is 140 Å². The van der Waals surface area contributed by atoms with Crippen LogP contribution in [0.4, 0.5) is 0 Å².